The number of hydrogen-bond acceptors (Lipinski definition) is 5. The average Bonchev–Trinajstić information content (AvgIpc) is 2.78. The summed E-state index contributed by atoms with van der Waals surface area (Å²) in [6, 6.07) is 13.8. The number of nitrogens with one attached hydrogen (secondary N) is 1. The Morgan fingerprint density at radius 1 is 1.28 bits per heavy atom. The summed E-state index contributed by atoms with van der Waals surface area (Å²) >= 11 is 8.13. The number of benzene rings is 2. The van der Waals surface area contributed by atoms with Crippen LogP contribution in [-0.4, -0.2) is 45.0 Å². The lowest BCUT2D eigenvalue weighted by Gasteiger charge is -2.27. The molecule has 0 bridgehead atoms. The monoisotopic (exact) mass is 378 g/mol. The van der Waals surface area contributed by atoms with Crippen molar-refractivity contribution in [1.29, 1.82) is 0 Å². The first-order valence-corrected chi connectivity index (χ1v) is 9.56. The van der Waals surface area contributed by atoms with Gasteiger partial charge in [0.1, 0.15) is 5.75 Å². The molecule has 2 aromatic rings. The van der Waals surface area contributed by atoms with Crippen LogP contribution in [0.5, 0.6) is 5.75 Å². The summed E-state index contributed by atoms with van der Waals surface area (Å²) in [7, 11) is 3.59. The van der Waals surface area contributed by atoms with E-state index in [9.17, 15) is 5.11 Å². The number of likely N-dealkylation sites (N-methyl/N-ethyl adjacent to an activating group) is 1. The molecular weight excluding hydrogens is 356 g/mol. The Balaban J connectivity index is 1.96. The fraction of sp³-hybridized carbons (Fsp3) is 0.368. The number of ether oxygens (including phenoxy) is 1. The highest BCUT2D eigenvalue weighted by molar-refractivity contribution is 7.99. The Kier molecular flexibility index (Phi) is 6.12. The van der Waals surface area contributed by atoms with Crippen LogP contribution in [0.1, 0.15) is 10.8 Å². The van der Waals surface area contributed by atoms with Crippen molar-refractivity contribution in [2.24, 2.45) is 0 Å². The molecule has 1 aliphatic heterocycles. The summed E-state index contributed by atoms with van der Waals surface area (Å²) in [5.74, 6) is 0.811. The Morgan fingerprint density at radius 3 is 2.72 bits per heavy atom. The summed E-state index contributed by atoms with van der Waals surface area (Å²) in [5, 5.41) is 14.7. The Hall–Kier alpha value is -1.40. The maximum absolute atomic E-state index is 10.9. The van der Waals surface area contributed by atoms with E-state index in [4.69, 9.17) is 16.3 Å². The standard InChI is InChI=1S/C19H23ClN2O2S/c1-21-10-11-22-12-17(23)18(13-6-8-14(24-2)9-7-13)25-19-15(20)4-3-5-16(19)22/h3-9,17-18,21,23H,10-12H2,1-2H3. The van der Waals surface area contributed by atoms with Gasteiger partial charge in [-0.2, -0.15) is 0 Å². The number of methoxy groups -OCH3 is 1. The van der Waals surface area contributed by atoms with E-state index in [0.717, 1.165) is 40.0 Å². The summed E-state index contributed by atoms with van der Waals surface area (Å²) in [6.45, 7) is 2.23. The van der Waals surface area contributed by atoms with Gasteiger partial charge in [-0.05, 0) is 36.9 Å². The van der Waals surface area contributed by atoms with Crippen molar-refractivity contribution < 1.29 is 9.84 Å². The van der Waals surface area contributed by atoms with Crippen molar-refractivity contribution >= 4 is 29.1 Å². The average molecular weight is 379 g/mol. The fourth-order valence-electron chi connectivity index (χ4n) is 3.03. The number of rotatable bonds is 5. The molecule has 3 rings (SSSR count). The van der Waals surface area contributed by atoms with E-state index in [-0.39, 0.29) is 5.25 Å². The lowest BCUT2D eigenvalue weighted by molar-refractivity contribution is 0.177. The largest absolute Gasteiger partial charge is 0.497 e. The molecule has 0 spiro atoms. The quantitative estimate of drug-likeness (QED) is 0.832. The Bertz CT molecular complexity index is 711. The molecule has 2 aromatic carbocycles. The first-order valence-electron chi connectivity index (χ1n) is 8.30. The molecule has 0 radical (unpaired) electrons. The Morgan fingerprint density at radius 2 is 2.04 bits per heavy atom. The second-order valence-electron chi connectivity index (χ2n) is 6.02. The molecule has 6 heteroatoms. The van der Waals surface area contributed by atoms with Gasteiger partial charge in [-0.3, -0.25) is 0 Å². The highest BCUT2D eigenvalue weighted by Gasteiger charge is 2.31. The number of nitrogens with zero attached hydrogens (tertiary/aromatic N) is 1. The minimum Gasteiger partial charge on any atom is -0.497 e. The van der Waals surface area contributed by atoms with E-state index in [1.165, 1.54) is 0 Å². The second kappa shape index (κ2) is 8.32. The van der Waals surface area contributed by atoms with Crippen LogP contribution in [0.25, 0.3) is 0 Å². The molecule has 2 unspecified atom stereocenters. The number of β-amino-alcohol motifs (C(OH)–C–C–N with tert-alkyl or cyclic N) is 1. The molecule has 4 nitrogen and oxygen atoms in total. The topological polar surface area (TPSA) is 44.7 Å². The van der Waals surface area contributed by atoms with Crippen LogP contribution < -0.4 is 15.0 Å². The third-order valence-corrected chi connectivity index (χ3v) is 6.30. The predicted octanol–water partition coefficient (Wildman–Crippen LogP) is 3.58. The van der Waals surface area contributed by atoms with E-state index < -0.39 is 6.10 Å². The number of thioether (sulfide) groups is 1. The molecule has 2 atom stereocenters. The van der Waals surface area contributed by atoms with Crippen molar-refractivity contribution in [3.05, 3.63) is 53.1 Å². The molecule has 0 amide bonds. The van der Waals surface area contributed by atoms with E-state index in [1.807, 2.05) is 43.4 Å². The van der Waals surface area contributed by atoms with Gasteiger partial charge in [-0.1, -0.05) is 29.8 Å². The second-order valence-corrected chi connectivity index (χ2v) is 7.58. The zero-order valence-corrected chi connectivity index (χ0v) is 16.0. The summed E-state index contributed by atoms with van der Waals surface area (Å²) < 4.78 is 5.24. The van der Waals surface area contributed by atoms with Crippen LogP contribution in [0.15, 0.2) is 47.4 Å². The van der Waals surface area contributed by atoms with Gasteiger partial charge < -0.3 is 20.1 Å². The van der Waals surface area contributed by atoms with Crippen molar-refractivity contribution in [2.45, 2.75) is 16.2 Å². The zero-order chi connectivity index (χ0) is 17.8. The molecule has 0 fully saturated rings. The van der Waals surface area contributed by atoms with Gasteiger partial charge >= 0.3 is 0 Å². The van der Waals surface area contributed by atoms with Crippen LogP contribution in [0.3, 0.4) is 0 Å². The number of fused-ring (bicyclic) bond motifs is 1. The van der Waals surface area contributed by atoms with Gasteiger partial charge in [-0.25, -0.2) is 0 Å². The van der Waals surface area contributed by atoms with Gasteiger partial charge in [0.05, 0.1) is 29.2 Å². The minimum atomic E-state index is -0.501. The van der Waals surface area contributed by atoms with E-state index >= 15 is 0 Å². The van der Waals surface area contributed by atoms with Crippen LogP contribution in [0, 0.1) is 0 Å². The van der Waals surface area contributed by atoms with Gasteiger partial charge in [0, 0.05) is 24.5 Å². The summed E-state index contributed by atoms with van der Waals surface area (Å²) in [4.78, 5) is 3.23. The molecule has 2 N–H and O–H groups in total. The highest BCUT2D eigenvalue weighted by atomic mass is 35.5. The smallest absolute Gasteiger partial charge is 0.118 e. The molecule has 0 aromatic heterocycles. The summed E-state index contributed by atoms with van der Waals surface area (Å²) in [6.07, 6.45) is -0.501. The molecule has 1 heterocycles. The molecular formula is C19H23ClN2O2S. The van der Waals surface area contributed by atoms with E-state index in [2.05, 4.69) is 16.3 Å². The number of aliphatic hydroxyl groups is 1. The third-order valence-electron chi connectivity index (χ3n) is 4.36. The number of halogens is 1. The maximum Gasteiger partial charge on any atom is 0.118 e. The van der Waals surface area contributed by atoms with Crippen LogP contribution in [0.4, 0.5) is 5.69 Å². The zero-order valence-electron chi connectivity index (χ0n) is 14.4. The van der Waals surface area contributed by atoms with Gasteiger partial charge in [-0.15, -0.1) is 11.8 Å². The van der Waals surface area contributed by atoms with Crippen LogP contribution in [0.2, 0.25) is 5.02 Å². The van der Waals surface area contributed by atoms with Gasteiger partial charge in [0.25, 0.3) is 0 Å². The van der Waals surface area contributed by atoms with E-state index in [1.54, 1.807) is 18.9 Å². The van der Waals surface area contributed by atoms with E-state index in [0.29, 0.717) is 6.54 Å². The molecule has 1 aliphatic rings. The summed E-state index contributed by atoms with van der Waals surface area (Å²) in [5.41, 5.74) is 2.16. The van der Waals surface area contributed by atoms with Crippen molar-refractivity contribution in [2.75, 3.05) is 38.7 Å². The highest BCUT2D eigenvalue weighted by Crippen LogP contribution is 2.48. The van der Waals surface area contributed by atoms with Gasteiger partial charge in [0.15, 0.2) is 0 Å². The molecule has 0 saturated carbocycles. The molecule has 134 valence electrons. The molecule has 0 saturated heterocycles. The SMILES string of the molecule is CNCCN1CC(O)C(c2ccc(OC)cc2)Sc2c(Cl)cccc21. The number of anilines is 1. The molecule has 25 heavy (non-hydrogen) atoms. The molecule has 0 aliphatic carbocycles. The van der Waals surface area contributed by atoms with Crippen molar-refractivity contribution in [1.82, 2.24) is 5.32 Å². The van der Waals surface area contributed by atoms with Crippen molar-refractivity contribution in [3.8, 4) is 5.75 Å². The normalized spacial score (nSPS) is 20.1. The fourth-order valence-corrected chi connectivity index (χ4v) is 4.62. The lowest BCUT2D eigenvalue weighted by Crippen LogP contribution is -2.37. The van der Waals surface area contributed by atoms with Crippen LogP contribution in [-0.2, 0) is 0 Å². The first-order chi connectivity index (χ1) is 12.1. The minimum absolute atomic E-state index is 0.0795. The van der Waals surface area contributed by atoms with Crippen LogP contribution >= 0.6 is 23.4 Å². The van der Waals surface area contributed by atoms with Crippen molar-refractivity contribution in [3.63, 3.8) is 0 Å². The lowest BCUT2D eigenvalue weighted by atomic mass is 10.1. The number of hydrogen-bond donors (Lipinski definition) is 2. The first kappa shape index (κ1) is 18.4. The third kappa shape index (κ3) is 4.06. The Labute approximate surface area is 158 Å². The van der Waals surface area contributed by atoms with Gasteiger partial charge in [0.2, 0.25) is 0 Å². The predicted molar refractivity (Wildman–Crippen MR) is 105 cm³/mol. The maximum atomic E-state index is 10.9. The number of aliphatic hydroxyl groups excluding tert-OH is 1.